The van der Waals surface area contributed by atoms with Crippen LogP contribution >= 0.6 is 15.9 Å². The average Bonchev–Trinajstić information content (AvgIpc) is 2.47. The number of carbonyl (C=O) groups is 1. The van der Waals surface area contributed by atoms with Crippen LogP contribution in [0.2, 0.25) is 0 Å². The molecule has 0 saturated carbocycles. The minimum atomic E-state index is -0.121. The van der Waals surface area contributed by atoms with E-state index < -0.39 is 0 Å². The van der Waals surface area contributed by atoms with Gasteiger partial charge in [0.2, 0.25) is 0 Å². The Hall–Kier alpha value is -0.830. The second kappa shape index (κ2) is 8.36. The van der Waals surface area contributed by atoms with Crippen molar-refractivity contribution in [1.29, 1.82) is 0 Å². The third kappa shape index (κ3) is 4.64. The maximum absolute atomic E-state index is 11.8. The molecule has 3 heteroatoms. The second-order valence-corrected chi connectivity index (χ2v) is 5.69. The van der Waals surface area contributed by atoms with Gasteiger partial charge in [0, 0.05) is 10.7 Å². The molecule has 0 radical (unpaired) electrons. The summed E-state index contributed by atoms with van der Waals surface area (Å²) in [6, 6.07) is 10.4. The van der Waals surface area contributed by atoms with E-state index in [1.54, 1.807) is 0 Å². The van der Waals surface area contributed by atoms with Crippen molar-refractivity contribution in [2.45, 2.75) is 44.4 Å². The van der Waals surface area contributed by atoms with Crippen molar-refractivity contribution in [2.75, 3.05) is 12.4 Å². The first-order valence-corrected chi connectivity index (χ1v) is 7.99. The maximum Gasteiger partial charge on any atom is 0.306 e. The Balaban J connectivity index is 2.95. The quantitative estimate of drug-likeness (QED) is 0.400. The molecule has 0 amide bonds. The van der Waals surface area contributed by atoms with E-state index in [1.165, 1.54) is 12.7 Å². The monoisotopic (exact) mass is 326 g/mol. The van der Waals surface area contributed by atoms with Gasteiger partial charge in [-0.2, -0.15) is 0 Å². The molecule has 106 valence electrons. The molecule has 1 aromatic rings. The van der Waals surface area contributed by atoms with E-state index in [0.717, 1.165) is 31.0 Å². The van der Waals surface area contributed by atoms with Gasteiger partial charge >= 0.3 is 5.97 Å². The Morgan fingerprint density at radius 2 is 1.95 bits per heavy atom. The first-order valence-electron chi connectivity index (χ1n) is 6.87. The number of hydrogen-bond donors (Lipinski definition) is 0. The molecular formula is C16H23BrO2. The van der Waals surface area contributed by atoms with Crippen LogP contribution in [0, 0.1) is 0 Å². The molecule has 1 rings (SSSR count). The first-order chi connectivity index (χ1) is 9.18. The molecule has 0 N–H and O–H groups in total. The number of rotatable bonds is 8. The number of methoxy groups -OCH3 is 1. The van der Waals surface area contributed by atoms with Crippen LogP contribution in [0.3, 0.4) is 0 Å². The van der Waals surface area contributed by atoms with Crippen LogP contribution in [0.25, 0.3) is 0 Å². The fourth-order valence-electron chi connectivity index (χ4n) is 2.54. The van der Waals surface area contributed by atoms with Crippen molar-refractivity contribution >= 4 is 21.9 Å². The van der Waals surface area contributed by atoms with Gasteiger partial charge in [-0.25, -0.2) is 0 Å². The average molecular weight is 327 g/mol. The van der Waals surface area contributed by atoms with E-state index in [9.17, 15) is 4.79 Å². The number of hydrogen-bond acceptors (Lipinski definition) is 2. The fourth-order valence-corrected chi connectivity index (χ4v) is 2.94. The summed E-state index contributed by atoms with van der Waals surface area (Å²) in [5.74, 6) is -0.121. The number of ether oxygens (including phenoxy) is 1. The van der Waals surface area contributed by atoms with Crippen LogP contribution in [0.1, 0.15) is 44.6 Å². The Kier molecular flexibility index (Phi) is 7.14. The molecule has 0 bridgehead atoms. The van der Waals surface area contributed by atoms with Crippen LogP contribution < -0.4 is 0 Å². The third-order valence-corrected chi connectivity index (χ3v) is 4.37. The minimum Gasteiger partial charge on any atom is -0.469 e. The zero-order valence-corrected chi connectivity index (χ0v) is 13.4. The summed E-state index contributed by atoms with van der Waals surface area (Å²) in [4.78, 5) is 11.8. The Morgan fingerprint density at radius 3 is 2.47 bits per heavy atom. The Morgan fingerprint density at radius 1 is 1.26 bits per heavy atom. The van der Waals surface area contributed by atoms with E-state index in [0.29, 0.717) is 6.42 Å². The van der Waals surface area contributed by atoms with Gasteiger partial charge in [0.25, 0.3) is 0 Å². The molecule has 0 saturated heterocycles. The van der Waals surface area contributed by atoms with Gasteiger partial charge in [0.1, 0.15) is 0 Å². The summed E-state index contributed by atoms with van der Waals surface area (Å²) in [6.07, 6.45) is 4.69. The van der Waals surface area contributed by atoms with Crippen LogP contribution in [-0.4, -0.2) is 18.4 Å². The van der Waals surface area contributed by atoms with Crippen molar-refractivity contribution in [3.8, 4) is 0 Å². The number of halogens is 1. The number of unbranched alkanes of at least 4 members (excludes halogenated alkanes) is 1. The van der Waals surface area contributed by atoms with Gasteiger partial charge in [0.15, 0.2) is 0 Å². The fraction of sp³-hybridized carbons (Fsp3) is 0.562. The van der Waals surface area contributed by atoms with E-state index in [1.807, 2.05) is 18.2 Å². The highest BCUT2D eigenvalue weighted by Gasteiger charge is 2.32. The van der Waals surface area contributed by atoms with Crippen molar-refractivity contribution in [2.24, 2.45) is 0 Å². The number of carbonyl (C=O) groups excluding carboxylic acids is 1. The molecule has 2 nitrogen and oxygen atoms in total. The van der Waals surface area contributed by atoms with Gasteiger partial charge < -0.3 is 4.74 Å². The lowest BCUT2D eigenvalue weighted by atomic mass is 9.72. The zero-order chi connectivity index (χ0) is 14.1. The van der Waals surface area contributed by atoms with E-state index in [4.69, 9.17) is 4.74 Å². The zero-order valence-electron chi connectivity index (χ0n) is 11.8. The van der Waals surface area contributed by atoms with Gasteiger partial charge in [-0.15, -0.1) is 0 Å². The molecule has 1 atom stereocenters. The SMILES string of the molecule is CCC(CCCCBr)(CC(=O)OC)c1ccccc1. The highest BCUT2D eigenvalue weighted by atomic mass is 79.9. The van der Waals surface area contributed by atoms with Crippen molar-refractivity contribution in [3.05, 3.63) is 35.9 Å². The number of alkyl halides is 1. The largest absolute Gasteiger partial charge is 0.469 e. The predicted molar refractivity (Wildman–Crippen MR) is 82.7 cm³/mol. The maximum atomic E-state index is 11.8. The molecule has 1 aromatic carbocycles. The molecule has 0 spiro atoms. The lowest BCUT2D eigenvalue weighted by molar-refractivity contribution is -0.142. The summed E-state index contributed by atoms with van der Waals surface area (Å²) in [7, 11) is 1.46. The molecule has 0 fully saturated rings. The van der Waals surface area contributed by atoms with Gasteiger partial charge in [-0.05, 0) is 24.8 Å². The van der Waals surface area contributed by atoms with Gasteiger partial charge in [-0.1, -0.05) is 59.6 Å². The summed E-state index contributed by atoms with van der Waals surface area (Å²) in [6.45, 7) is 2.16. The molecule has 0 aromatic heterocycles. The lowest BCUT2D eigenvalue weighted by Crippen LogP contribution is -2.29. The standard InChI is InChI=1S/C16H23BrO2/c1-3-16(11-7-8-12-17,13-15(18)19-2)14-9-5-4-6-10-14/h4-6,9-10H,3,7-8,11-13H2,1-2H3. The Labute approximate surface area is 124 Å². The topological polar surface area (TPSA) is 26.3 Å². The van der Waals surface area contributed by atoms with E-state index in [2.05, 4.69) is 35.0 Å². The highest BCUT2D eigenvalue weighted by molar-refractivity contribution is 9.09. The molecule has 0 aliphatic rings. The number of esters is 1. The molecule has 0 aliphatic heterocycles. The van der Waals surface area contributed by atoms with Crippen molar-refractivity contribution < 1.29 is 9.53 Å². The molecular weight excluding hydrogens is 304 g/mol. The van der Waals surface area contributed by atoms with Crippen molar-refractivity contribution in [1.82, 2.24) is 0 Å². The summed E-state index contributed by atoms with van der Waals surface area (Å²) >= 11 is 3.47. The van der Waals surface area contributed by atoms with Crippen molar-refractivity contribution in [3.63, 3.8) is 0 Å². The smallest absolute Gasteiger partial charge is 0.306 e. The first kappa shape index (κ1) is 16.2. The normalized spacial score (nSPS) is 13.8. The summed E-state index contributed by atoms with van der Waals surface area (Å²) in [5, 5.41) is 1.01. The van der Waals surface area contributed by atoms with Gasteiger partial charge in [-0.3, -0.25) is 4.79 Å². The van der Waals surface area contributed by atoms with Crippen LogP contribution in [0.15, 0.2) is 30.3 Å². The molecule has 19 heavy (non-hydrogen) atoms. The van der Waals surface area contributed by atoms with E-state index in [-0.39, 0.29) is 11.4 Å². The third-order valence-electron chi connectivity index (χ3n) is 3.81. The second-order valence-electron chi connectivity index (χ2n) is 4.90. The van der Waals surface area contributed by atoms with E-state index >= 15 is 0 Å². The Bertz CT molecular complexity index is 378. The summed E-state index contributed by atoms with van der Waals surface area (Å²) in [5.41, 5.74) is 1.16. The van der Waals surface area contributed by atoms with Crippen LogP contribution in [0.4, 0.5) is 0 Å². The van der Waals surface area contributed by atoms with Crippen LogP contribution in [-0.2, 0) is 14.9 Å². The molecule has 1 unspecified atom stereocenters. The highest BCUT2D eigenvalue weighted by Crippen LogP contribution is 2.37. The van der Waals surface area contributed by atoms with Gasteiger partial charge in [0.05, 0.1) is 13.5 Å². The molecule has 0 aliphatic carbocycles. The van der Waals surface area contributed by atoms with Crippen LogP contribution in [0.5, 0.6) is 0 Å². The summed E-state index contributed by atoms with van der Waals surface area (Å²) < 4.78 is 4.89. The number of benzene rings is 1. The minimum absolute atomic E-state index is 0.0868. The lowest BCUT2D eigenvalue weighted by Gasteiger charge is -2.32. The predicted octanol–water partition coefficient (Wildman–Crippen LogP) is 4.46. The molecule has 0 heterocycles.